The molecule has 1 amide bonds. The van der Waals surface area contributed by atoms with Crippen LogP contribution in [0.1, 0.15) is 5.56 Å². The fourth-order valence-electron chi connectivity index (χ4n) is 3.05. The predicted octanol–water partition coefficient (Wildman–Crippen LogP) is -1.32. The molecule has 28 heavy (non-hydrogen) atoms. The van der Waals surface area contributed by atoms with Gasteiger partial charge in [0, 0.05) is 25.3 Å². The van der Waals surface area contributed by atoms with Gasteiger partial charge in [-0.15, -0.1) is 0 Å². The number of imidazole rings is 1. The maximum absolute atomic E-state index is 12.3. The number of ether oxygens (including phenoxy) is 1. The van der Waals surface area contributed by atoms with Gasteiger partial charge in [0.05, 0.1) is 7.11 Å². The normalized spacial score (nSPS) is 18.2. The third-order valence-electron chi connectivity index (χ3n) is 4.65. The highest BCUT2D eigenvalue weighted by molar-refractivity contribution is 6.04. The molecule has 1 aliphatic heterocycles. The van der Waals surface area contributed by atoms with Crippen LogP contribution in [0, 0.1) is 0 Å². The Bertz CT molecular complexity index is 1240. The van der Waals surface area contributed by atoms with Gasteiger partial charge >= 0.3 is 5.69 Å². The van der Waals surface area contributed by atoms with Crippen LogP contribution in [-0.2, 0) is 24.6 Å². The fraction of sp³-hybridized carbons (Fsp3) is 0.250. The first-order valence-corrected chi connectivity index (χ1v) is 8.17. The zero-order valence-corrected chi connectivity index (χ0v) is 15.2. The first-order chi connectivity index (χ1) is 13.3. The Morgan fingerprint density at radius 3 is 2.68 bits per heavy atom. The lowest BCUT2D eigenvalue weighted by Crippen LogP contribution is -2.50. The summed E-state index contributed by atoms with van der Waals surface area (Å²) in [5, 5.41) is 13.4. The Kier molecular flexibility index (Phi) is 3.76. The average molecular weight is 387 g/mol. The first kappa shape index (κ1) is 17.8. The van der Waals surface area contributed by atoms with Crippen molar-refractivity contribution < 1.29 is 14.6 Å². The summed E-state index contributed by atoms with van der Waals surface area (Å²) < 4.78 is 7.28. The molecular weight excluding hydrogens is 370 g/mol. The number of rotatable bonds is 4. The number of hydrogen-bond donors (Lipinski definition) is 5. The van der Waals surface area contributed by atoms with Gasteiger partial charge < -0.3 is 20.1 Å². The lowest BCUT2D eigenvalue weighted by Gasteiger charge is -2.22. The molecule has 12 nitrogen and oxygen atoms in total. The van der Waals surface area contributed by atoms with Gasteiger partial charge in [0.15, 0.2) is 11.2 Å². The lowest BCUT2D eigenvalue weighted by atomic mass is 10.0. The van der Waals surface area contributed by atoms with E-state index < -0.39 is 22.9 Å². The van der Waals surface area contributed by atoms with E-state index >= 15 is 0 Å². The van der Waals surface area contributed by atoms with E-state index in [0.29, 0.717) is 11.4 Å². The van der Waals surface area contributed by atoms with Crippen LogP contribution < -0.4 is 32.2 Å². The second kappa shape index (κ2) is 5.94. The summed E-state index contributed by atoms with van der Waals surface area (Å²) in [6.45, 7) is 0. The van der Waals surface area contributed by atoms with E-state index in [1.165, 1.54) is 31.8 Å². The lowest BCUT2D eigenvalue weighted by molar-refractivity contribution is -0.136. The van der Waals surface area contributed by atoms with Crippen molar-refractivity contribution in [2.45, 2.75) is 5.72 Å². The monoisotopic (exact) mass is 387 g/mol. The average Bonchev–Trinajstić information content (AvgIpc) is 3.23. The fourth-order valence-corrected chi connectivity index (χ4v) is 3.05. The molecule has 0 saturated carbocycles. The van der Waals surface area contributed by atoms with Crippen LogP contribution in [0.3, 0.4) is 0 Å². The summed E-state index contributed by atoms with van der Waals surface area (Å²) in [4.78, 5) is 43.4. The molecule has 0 saturated heterocycles. The number of benzene rings is 1. The number of methoxy groups -OCH3 is 1. The number of nitrogens with zero attached hydrogens (tertiary/aromatic N) is 3. The Morgan fingerprint density at radius 2 is 1.96 bits per heavy atom. The van der Waals surface area contributed by atoms with Crippen molar-refractivity contribution in [2.75, 3.05) is 17.9 Å². The molecule has 0 radical (unpaired) electrons. The molecule has 1 aliphatic rings. The predicted molar refractivity (Wildman–Crippen MR) is 98.9 cm³/mol. The third-order valence-corrected chi connectivity index (χ3v) is 4.65. The van der Waals surface area contributed by atoms with Crippen LogP contribution >= 0.6 is 0 Å². The zero-order valence-electron chi connectivity index (χ0n) is 15.2. The van der Waals surface area contributed by atoms with E-state index in [2.05, 4.69) is 26.1 Å². The highest BCUT2D eigenvalue weighted by Crippen LogP contribution is 2.36. The van der Waals surface area contributed by atoms with Crippen molar-refractivity contribution in [3.05, 3.63) is 44.6 Å². The van der Waals surface area contributed by atoms with E-state index in [0.717, 1.165) is 4.57 Å². The summed E-state index contributed by atoms with van der Waals surface area (Å²) in [5.41, 5.74) is 2.80. The summed E-state index contributed by atoms with van der Waals surface area (Å²) >= 11 is 0. The van der Waals surface area contributed by atoms with Gasteiger partial charge in [-0.1, -0.05) is 0 Å². The Morgan fingerprint density at radius 1 is 1.21 bits per heavy atom. The Balaban J connectivity index is 1.70. The van der Waals surface area contributed by atoms with Crippen molar-refractivity contribution in [3.63, 3.8) is 0 Å². The van der Waals surface area contributed by atoms with E-state index in [1.54, 1.807) is 12.1 Å². The number of anilines is 2. The van der Waals surface area contributed by atoms with Crippen LogP contribution in [0.15, 0.2) is 27.8 Å². The molecule has 1 aromatic carbocycles. The number of carbonyl (C=O) groups is 1. The summed E-state index contributed by atoms with van der Waals surface area (Å²) in [6.07, 6.45) is 0. The minimum atomic E-state index is -2.11. The van der Waals surface area contributed by atoms with E-state index in [1.807, 2.05) is 0 Å². The molecule has 1 unspecified atom stereocenters. The molecular formula is C16H17N7O5. The van der Waals surface area contributed by atoms with Gasteiger partial charge in [0.1, 0.15) is 5.75 Å². The molecule has 0 aliphatic carbocycles. The van der Waals surface area contributed by atoms with Crippen LogP contribution in [0.4, 0.5) is 11.6 Å². The van der Waals surface area contributed by atoms with E-state index in [9.17, 15) is 19.5 Å². The van der Waals surface area contributed by atoms with Crippen molar-refractivity contribution in [1.82, 2.24) is 24.5 Å². The maximum atomic E-state index is 12.3. The topological polar surface area (TPSA) is 155 Å². The number of fused-ring (bicyclic) bond motifs is 2. The number of carbonyl (C=O) groups excluding carboxylic acids is 1. The van der Waals surface area contributed by atoms with Crippen molar-refractivity contribution in [1.29, 1.82) is 0 Å². The number of amides is 1. The third kappa shape index (κ3) is 2.39. The number of hydrazine groups is 1. The molecule has 3 aromatic rings. The highest BCUT2D eigenvalue weighted by Gasteiger charge is 2.46. The molecule has 0 fully saturated rings. The van der Waals surface area contributed by atoms with Gasteiger partial charge in [0.2, 0.25) is 11.7 Å². The number of hydrogen-bond acceptors (Lipinski definition) is 8. The SMILES string of the molecule is COc1ccc2c(c1)C(O)(NNc1nc3c([nH]1)c(=O)n(C)c(=O)n3C)C(=O)N2. The van der Waals surface area contributed by atoms with Crippen molar-refractivity contribution in [2.24, 2.45) is 14.1 Å². The summed E-state index contributed by atoms with van der Waals surface area (Å²) in [7, 11) is 4.30. The van der Waals surface area contributed by atoms with Crippen LogP contribution in [0.5, 0.6) is 5.75 Å². The van der Waals surface area contributed by atoms with Crippen LogP contribution in [-0.4, -0.2) is 37.2 Å². The van der Waals surface area contributed by atoms with Gasteiger partial charge in [0.25, 0.3) is 11.5 Å². The Labute approximate surface area is 156 Å². The molecule has 0 spiro atoms. The number of aromatic nitrogens is 4. The number of aliphatic hydroxyl groups is 1. The summed E-state index contributed by atoms with van der Waals surface area (Å²) in [6, 6.07) is 4.76. The molecule has 1 atom stereocenters. The molecule has 146 valence electrons. The maximum Gasteiger partial charge on any atom is 0.332 e. The molecule has 12 heteroatoms. The molecule has 0 bridgehead atoms. The minimum Gasteiger partial charge on any atom is -0.497 e. The largest absolute Gasteiger partial charge is 0.497 e. The quantitative estimate of drug-likeness (QED) is 0.273. The van der Waals surface area contributed by atoms with E-state index in [4.69, 9.17) is 4.74 Å². The highest BCUT2D eigenvalue weighted by atomic mass is 16.5. The van der Waals surface area contributed by atoms with Gasteiger partial charge in [-0.05, 0) is 18.2 Å². The van der Waals surface area contributed by atoms with Crippen molar-refractivity contribution in [3.8, 4) is 5.75 Å². The molecule has 5 N–H and O–H groups in total. The van der Waals surface area contributed by atoms with Crippen molar-refractivity contribution >= 4 is 28.7 Å². The van der Waals surface area contributed by atoms with Gasteiger partial charge in [-0.2, -0.15) is 10.4 Å². The van der Waals surface area contributed by atoms with Crippen LogP contribution in [0.2, 0.25) is 0 Å². The number of aryl methyl sites for hydroxylation is 1. The number of H-pyrrole nitrogens is 1. The molecule has 2 aromatic heterocycles. The van der Waals surface area contributed by atoms with Gasteiger partial charge in [-0.25, -0.2) is 4.79 Å². The number of aromatic amines is 1. The smallest absolute Gasteiger partial charge is 0.332 e. The Hall–Kier alpha value is -3.64. The molecule has 4 rings (SSSR count). The zero-order chi connectivity index (χ0) is 20.2. The second-order valence-electron chi connectivity index (χ2n) is 6.32. The molecule has 3 heterocycles. The summed E-state index contributed by atoms with van der Waals surface area (Å²) in [5.74, 6) is -0.216. The first-order valence-electron chi connectivity index (χ1n) is 8.17. The second-order valence-corrected chi connectivity index (χ2v) is 6.32. The number of nitrogens with one attached hydrogen (secondary N) is 4. The van der Waals surface area contributed by atoms with Crippen LogP contribution in [0.25, 0.3) is 11.2 Å². The standard InChI is InChI=1S/C16H17N7O5/c1-22-11-10(12(24)23(2)15(22)26)18-14(19-11)20-21-16(27)8-6-7(28-3)4-5-9(8)17-13(16)25/h4-6,21,27H,1-3H3,(H,17,25)(H2,18,19,20). The minimum absolute atomic E-state index is 0.0332. The van der Waals surface area contributed by atoms with E-state index in [-0.39, 0.29) is 22.7 Å². The van der Waals surface area contributed by atoms with Gasteiger partial charge in [-0.3, -0.25) is 24.1 Å².